The summed E-state index contributed by atoms with van der Waals surface area (Å²) in [6.07, 6.45) is 1.63. The molecule has 2 atom stereocenters. The fraction of sp³-hybridized carbons (Fsp3) is 0.250. The second-order valence-corrected chi connectivity index (χ2v) is 10.8. The molecule has 0 spiro atoms. The van der Waals surface area contributed by atoms with Crippen molar-refractivity contribution >= 4 is 56.6 Å². The zero-order valence-corrected chi connectivity index (χ0v) is 24.1. The van der Waals surface area contributed by atoms with Crippen LogP contribution in [0.3, 0.4) is 0 Å². The summed E-state index contributed by atoms with van der Waals surface area (Å²) in [6, 6.07) is 13.7. The Labute approximate surface area is 236 Å². The molecule has 3 heterocycles. The minimum atomic E-state index is -0.843. The number of rotatable bonds is 6. The Hall–Kier alpha value is -3.83. The first-order valence-corrected chi connectivity index (χ1v) is 13.8. The first kappa shape index (κ1) is 26.8. The van der Waals surface area contributed by atoms with Gasteiger partial charge >= 0.3 is 5.97 Å². The molecule has 2 aliphatic rings. The first-order valence-electron chi connectivity index (χ1n) is 12.2. The second-order valence-electron chi connectivity index (χ2n) is 8.92. The molecule has 0 saturated carbocycles. The van der Waals surface area contributed by atoms with Gasteiger partial charge in [0.25, 0.3) is 11.5 Å². The number of esters is 1. The van der Waals surface area contributed by atoms with Crippen molar-refractivity contribution in [1.29, 1.82) is 0 Å². The molecule has 2 aliphatic heterocycles. The summed E-state index contributed by atoms with van der Waals surface area (Å²) in [5, 5.41) is 5.79. The number of benzene rings is 2. The van der Waals surface area contributed by atoms with E-state index < -0.39 is 17.9 Å². The third kappa shape index (κ3) is 4.76. The molecule has 0 unspecified atom stereocenters. The lowest BCUT2D eigenvalue weighted by atomic mass is 9.95. The number of fused-ring (bicyclic) bond motifs is 1. The van der Waals surface area contributed by atoms with Crippen LogP contribution in [0.15, 0.2) is 79.2 Å². The van der Waals surface area contributed by atoms with Crippen molar-refractivity contribution in [2.75, 3.05) is 18.7 Å². The molecule has 1 amide bonds. The summed E-state index contributed by atoms with van der Waals surface area (Å²) in [7, 11) is 1.53. The average Bonchev–Trinajstić information content (AvgIpc) is 3.38. The number of hydrogen-bond acceptors (Lipinski definition) is 8. The van der Waals surface area contributed by atoms with E-state index in [4.69, 9.17) is 9.47 Å². The molecule has 2 aromatic carbocycles. The molecule has 11 heteroatoms. The van der Waals surface area contributed by atoms with E-state index in [1.165, 1.54) is 16.7 Å². The summed E-state index contributed by atoms with van der Waals surface area (Å²) in [5.74, 6) is -1.02. The SMILES string of the molecule is CCOC(=O)C1=C(C)N=c2s/c(=C\[C@H]3C(=O)N(c4ccccc4)N=C3C)c(=O)n2[C@H]1c1cc(Br)ccc1OC. The topological polar surface area (TPSA) is 103 Å². The monoisotopic (exact) mass is 608 g/mol. The number of halogens is 1. The molecule has 0 saturated heterocycles. The summed E-state index contributed by atoms with van der Waals surface area (Å²) in [5.41, 5.74) is 2.13. The third-order valence-electron chi connectivity index (χ3n) is 6.50. The van der Waals surface area contributed by atoms with E-state index in [0.717, 1.165) is 15.8 Å². The van der Waals surface area contributed by atoms with Gasteiger partial charge in [0.2, 0.25) is 0 Å². The fourth-order valence-corrected chi connectivity index (χ4v) is 6.13. The van der Waals surface area contributed by atoms with Crippen molar-refractivity contribution in [3.05, 3.63) is 89.5 Å². The summed E-state index contributed by atoms with van der Waals surface area (Å²) < 4.78 is 13.5. The zero-order valence-electron chi connectivity index (χ0n) is 21.7. The van der Waals surface area contributed by atoms with Gasteiger partial charge in [-0.2, -0.15) is 10.1 Å². The van der Waals surface area contributed by atoms with Crippen LogP contribution in [0, 0.1) is 5.92 Å². The Kier molecular flexibility index (Phi) is 7.37. The summed E-state index contributed by atoms with van der Waals surface area (Å²) in [6.45, 7) is 5.37. The van der Waals surface area contributed by atoms with Crippen molar-refractivity contribution in [1.82, 2.24) is 4.57 Å². The number of carbonyl (C=O) groups excluding carboxylic acids is 2. The second kappa shape index (κ2) is 10.7. The molecular weight excluding hydrogens is 584 g/mol. The molecule has 0 N–H and O–H groups in total. The van der Waals surface area contributed by atoms with E-state index in [2.05, 4.69) is 26.0 Å². The maximum atomic E-state index is 14.0. The van der Waals surface area contributed by atoms with Gasteiger partial charge in [-0.15, -0.1) is 0 Å². The molecule has 1 aromatic heterocycles. The molecule has 0 radical (unpaired) electrons. The van der Waals surface area contributed by atoms with Crippen LogP contribution in [0.25, 0.3) is 6.08 Å². The van der Waals surface area contributed by atoms with E-state index in [0.29, 0.717) is 37.7 Å². The Bertz CT molecular complexity index is 1720. The van der Waals surface area contributed by atoms with Crippen molar-refractivity contribution in [2.24, 2.45) is 16.0 Å². The normalized spacial score (nSPS) is 19.1. The number of para-hydroxylation sites is 1. The molecule has 9 nitrogen and oxygen atoms in total. The van der Waals surface area contributed by atoms with Crippen LogP contribution in [-0.2, 0) is 14.3 Å². The lowest BCUT2D eigenvalue weighted by molar-refractivity contribution is -0.139. The molecular formula is C28H25BrN4O5S. The zero-order chi connectivity index (χ0) is 27.8. The number of anilines is 1. The van der Waals surface area contributed by atoms with Crippen LogP contribution in [0.4, 0.5) is 5.69 Å². The average molecular weight is 610 g/mol. The van der Waals surface area contributed by atoms with Gasteiger partial charge in [-0.3, -0.25) is 14.2 Å². The van der Waals surface area contributed by atoms with E-state index in [1.54, 1.807) is 45.0 Å². The highest BCUT2D eigenvalue weighted by atomic mass is 79.9. The van der Waals surface area contributed by atoms with Crippen molar-refractivity contribution in [3.8, 4) is 5.75 Å². The predicted octanol–water partition coefficient (Wildman–Crippen LogP) is 3.56. The molecule has 200 valence electrons. The summed E-state index contributed by atoms with van der Waals surface area (Å²) in [4.78, 5) is 45.4. The molecule has 0 bridgehead atoms. The molecule has 0 fully saturated rings. The molecule has 0 aliphatic carbocycles. The highest BCUT2D eigenvalue weighted by molar-refractivity contribution is 9.10. The Morgan fingerprint density at radius 1 is 1.15 bits per heavy atom. The largest absolute Gasteiger partial charge is 0.496 e. The van der Waals surface area contributed by atoms with Crippen molar-refractivity contribution < 1.29 is 19.1 Å². The number of methoxy groups -OCH3 is 1. The number of amides is 1. The van der Waals surface area contributed by atoms with Crippen LogP contribution in [0.5, 0.6) is 5.75 Å². The fourth-order valence-electron chi connectivity index (χ4n) is 4.70. The highest BCUT2D eigenvalue weighted by Crippen LogP contribution is 2.37. The number of hydrogen-bond donors (Lipinski definition) is 0. The number of hydrazone groups is 1. The van der Waals surface area contributed by atoms with E-state index in [-0.39, 0.29) is 23.6 Å². The van der Waals surface area contributed by atoms with Gasteiger partial charge in [-0.1, -0.05) is 45.5 Å². The molecule has 5 rings (SSSR count). The van der Waals surface area contributed by atoms with Crippen LogP contribution >= 0.6 is 27.3 Å². The number of aromatic nitrogens is 1. The Morgan fingerprint density at radius 3 is 2.59 bits per heavy atom. The summed E-state index contributed by atoms with van der Waals surface area (Å²) >= 11 is 4.66. The first-order chi connectivity index (χ1) is 18.7. The number of nitrogens with zero attached hydrogens (tertiary/aromatic N) is 4. The van der Waals surface area contributed by atoms with Gasteiger partial charge in [0, 0.05) is 10.0 Å². The minimum absolute atomic E-state index is 0.169. The number of ether oxygens (including phenoxy) is 2. The van der Waals surface area contributed by atoms with Gasteiger partial charge in [0.05, 0.1) is 40.9 Å². The molecule has 3 aromatic rings. The van der Waals surface area contributed by atoms with Crippen LogP contribution in [0.1, 0.15) is 32.4 Å². The predicted molar refractivity (Wildman–Crippen MR) is 153 cm³/mol. The van der Waals surface area contributed by atoms with Crippen LogP contribution < -0.4 is 24.6 Å². The number of allylic oxidation sites excluding steroid dienone is 1. The third-order valence-corrected chi connectivity index (χ3v) is 8.00. The quantitative estimate of drug-likeness (QED) is 0.398. The minimum Gasteiger partial charge on any atom is -0.496 e. The maximum Gasteiger partial charge on any atom is 0.338 e. The van der Waals surface area contributed by atoms with E-state index >= 15 is 0 Å². The highest BCUT2D eigenvalue weighted by Gasteiger charge is 2.37. The van der Waals surface area contributed by atoms with E-state index in [1.807, 2.05) is 30.3 Å². The number of carbonyl (C=O) groups is 2. The van der Waals surface area contributed by atoms with Gasteiger partial charge in [0.15, 0.2) is 4.80 Å². The standard InChI is InChI=1S/C28H25BrN4O5S/c1-5-38-27(36)23-16(3)30-28-32(24(23)20-13-17(29)11-12-21(20)37-4)26(35)22(39-28)14-19-15(2)31-33(25(19)34)18-9-7-6-8-10-18/h6-14,19,24H,5H2,1-4H3/b22-14-/t19-,24+/m1/s1. The van der Waals surface area contributed by atoms with Gasteiger partial charge < -0.3 is 9.47 Å². The van der Waals surface area contributed by atoms with Crippen molar-refractivity contribution in [3.63, 3.8) is 0 Å². The van der Waals surface area contributed by atoms with Crippen LogP contribution in [0.2, 0.25) is 0 Å². The van der Waals surface area contributed by atoms with Crippen LogP contribution in [-0.4, -0.2) is 35.9 Å². The van der Waals surface area contributed by atoms with Gasteiger partial charge in [-0.05, 0) is 57.2 Å². The van der Waals surface area contributed by atoms with Crippen molar-refractivity contribution in [2.45, 2.75) is 26.8 Å². The molecule has 39 heavy (non-hydrogen) atoms. The Balaban J connectivity index is 1.67. The lowest BCUT2D eigenvalue weighted by Gasteiger charge is -2.26. The van der Waals surface area contributed by atoms with Gasteiger partial charge in [0.1, 0.15) is 17.7 Å². The van der Waals surface area contributed by atoms with E-state index in [9.17, 15) is 14.4 Å². The maximum absolute atomic E-state index is 14.0. The van der Waals surface area contributed by atoms with Gasteiger partial charge in [-0.25, -0.2) is 9.79 Å². The lowest BCUT2D eigenvalue weighted by Crippen LogP contribution is -2.40. The number of thiazole rings is 1. The Morgan fingerprint density at radius 2 is 1.90 bits per heavy atom. The smallest absolute Gasteiger partial charge is 0.338 e.